The average molecular weight is 2750 g/mol. The summed E-state index contributed by atoms with van der Waals surface area (Å²) in [6, 6.07) is -3.36. The Morgan fingerprint density at radius 3 is 1.05 bits per heavy atom. The maximum Gasteiger partial charge on any atom is 0.191 e. The molecule has 456 valence electrons. The molecule has 20 radical (unpaired) electrons. The van der Waals surface area contributed by atoms with E-state index in [4.69, 9.17) is 92.2 Å². The van der Waals surface area contributed by atoms with Crippen molar-refractivity contribution < 1.29 is 722 Å². The number of ether oxygens (including phenoxy) is 6. The van der Waals surface area contributed by atoms with Gasteiger partial charge in [-0.2, -0.15) is 0 Å². The molecule has 0 bridgehead atoms. The largest absolute Gasteiger partial charge is 0.671 e. The summed E-state index contributed by atoms with van der Waals surface area (Å²) in [5, 5.41) is 53.0. The van der Waals surface area contributed by atoms with Gasteiger partial charge in [-0.3, -0.25) is 0 Å². The van der Waals surface area contributed by atoms with Crippen molar-refractivity contribution in [1.82, 2.24) is 0 Å². The van der Waals surface area contributed by atoms with Crippen LogP contribution in [0.15, 0.2) is 12.7 Å². The van der Waals surface area contributed by atoms with Gasteiger partial charge in [0.1, 0.15) is 6.29 Å². The molecule has 0 aliphatic carbocycles. The fourth-order valence-corrected chi connectivity index (χ4v) is 7.59. The summed E-state index contributed by atoms with van der Waals surface area (Å²) in [5.41, 5.74) is 35.8. The summed E-state index contributed by atoms with van der Waals surface area (Å²) in [4.78, 5) is 10.4. The van der Waals surface area contributed by atoms with E-state index in [1.54, 1.807) is 33.8 Å². The molecule has 0 aromatic heterocycles. The van der Waals surface area contributed by atoms with E-state index in [9.17, 15) is 4.79 Å². The van der Waals surface area contributed by atoms with Crippen LogP contribution in [-0.2, 0) is 692 Å². The maximum atomic E-state index is 10.4. The van der Waals surface area contributed by atoms with Crippen molar-refractivity contribution in [2.75, 3.05) is 19.8 Å². The predicted molar refractivity (Wildman–Crippen MR) is 261 cm³/mol. The van der Waals surface area contributed by atoms with Gasteiger partial charge in [0.15, 0.2) is 25.7 Å². The molecule has 3 heterocycles. The second-order valence-corrected chi connectivity index (χ2v) is 24.6. The van der Waals surface area contributed by atoms with Gasteiger partial charge in [-0.15, -0.1) is 12.7 Å². The minimum atomic E-state index is -1.80. The number of nitrogens with one attached hydrogen (secondary N) is 4. The molecule has 15 atom stereocenters. The number of carbonyl (C=O) groups is 1. The van der Waals surface area contributed by atoms with Crippen LogP contribution in [0, 0.1) is 0 Å². The zero-order valence-corrected chi connectivity index (χ0v) is 113. The third-order valence-corrected chi connectivity index (χ3v) is 16.2. The topological polar surface area (TPSA) is 324 Å². The Bertz CT molecular complexity index is 1300. The Morgan fingerprint density at radius 2 is 0.802 bits per heavy atom. The third kappa shape index (κ3) is 73.8. The zero-order chi connectivity index (χ0) is 52.2. The van der Waals surface area contributed by atoms with E-state index in [1.807, 2.05) is 41.5 Å². The van der Waals surface area contributed by atoms with Gasteiger partial charge in [0.05, 0.1) is 73.7 Å². The molecule has 3 saturated heterocycles. The Hall–Kier alpha value is 21.0. The SMILES string of the molecule is C=C[C@H]([NH-])[C@@H]1OC(C)(C)O[C@@H]1CC.CC[C@@H](O)[C@@H](O)[C@@H](N)CO.CC[C@@H](O)[C@@H](O)[C@@H]([NH-])CO.CC[C@H]1OC(C)(C)O[C@H]1[C@@H]([NH-])C=O.CC[C@H]1OC(C)(C)O[C@H]1[C@@H]([NH-])CO[Si](C)(C)C(C)(C)C.[Y].[Y].[Y].[Y].[Y].[Y].[Y].[Y].[Y].[Y].[Y].[Y].[Y].[Y].[Y].[Y].[Y].[Y].[Y].[Y]. The van der Waals surface area contributed by atoms with Crippen molar-refractivity contribution in [3.05, 3.63) is 35.6 Å². The van der Waals surface area contributed by atoms with E-state index in [-0.39, 0.29) is 696 Å². The van der Waals surface area contributed by atoms with Crippen molar-refractivity contribution in [2.45, 2.75) is 256 Å². The molecule has 0 aromatic rings. The standard InChI is InChI=1S/C15H32NO3Si.C10H18NO2.C9H16NO3.C6H15NO3.C6H14NO3.20Y/c1-9-12-13(19-15(5,6)18-12)11(16)10-17-20(7,8)14(2,3)4;1-5-7(11)9-8(6-2)12-10(3,4)13-9;1-4-7-8(6(10)5-11)13-9(2,3)12-7;2*1-2-5(9)6(10)4(7)3-8;;;;;;;;;;;;;;;;;;;;/h11-13,16H,9-10H2,1-8H3;5,7-9,11H,1,6H2,2-4H3;5-8,10H,4H2,1-3H3;4-6,8-10H,2-3,7H2,1H3;4-10H,2-3H2,1H3;;;;;;;;;;;;;;;;;;;;/q3*-1;;-1;;;;;;;;;;;;;;;;;;;;/t11-,12+,13-;7-,8+,9-;6-,7+,8-;2*4-,5+,6-;;;;;;;;;;;;;;;;;;;;/m00000..................../s1. The van der Waals surface area contributed by atoms with Crippen LogP contribution in [0.2, 0.25) is 18.1 Å². The van der Waals surface area contributed by atoms with Crippen molar-refractivity contribution in [1.29, 1.82) is 0 Å². The van der Waals surface area contributed by atoms with Crippen molar-refractivity contribution in [2.24, 2.45) is 5.73 Å². The smallest absolute Gasteiger partial charge is 0.191 e. The number of aldehydes is 1. The summed E-state index contributed by atoms with van der Waals surface area (Å²) < 4.78 is 40.1. The quantitative estimate of drug-likeness (QED) is 0.0422. The van der Waals surface area contributed by atoms with Crippen LogP contribution >= 0.6 is 0 Å². The molecule has 40 heteroatoms. The normalized spacial score (nSPS) is 21.8. The van der Waals surface area contributed by atoms with Gasteiger partial charge in [-0.25, -0.2) is 0 Å². The van der Waals surface area contributed by atoms with E-state index in [0.717, 1.165) is 19.3 Å². The summed E-state index contributed by atoms with van der Waals surface area (Å²) in [5.74, 6) is -1.79. The number of rotatable bonds is 19. The van der Waals surface area contributed by atoms with Crippen LogP contribution in [0.4, 0.5) is 0 Å². The molecular formula is C46H95N5O14SiY20-4. The molecule has 0 saturated carbocycles. The first-order valence-electron chi connectivity index (χ1n) is 23.5. The summed E-state index contributed by atoms with van der Waals surface area (Å²) in [6.07, 6.45) is 0.755. The molecule has 3 rings (SSSR count). The summed E-state index contributed by atoms with van der Waals surface area (Å²) in [7, 11) is -1.80. The van der Waals surface area contributed by atoms with E-state index in [2.05, 4.69) is 47.4 Å². The zero-order valence-electron chi connectivity index (χ0n) is 54.8. The van der Waals surface area contributed by atoms with Gasteiger partial charge in [0.25, 0.3) is 0 Å². The molecule has 0 aromatic carbocycles. The van der Waals surface area contributed by atoms with Crippen LogP contribution in [0.3, 0.4) is 0 Å². The molecule has 0 amide bonds. The first-order chi connectivity index (χ1) is 30.2. The maximum absolute atomic E-state index is 10.4. The van der Waals surface area contributed by atoms with Crippen LogP contribution in [0.5, 0.6) is 0 Å². The van der Waals surface area contributed by atoms with Gasteiger partial charge in [0.2, 0.25) is 0 Å². The number of hydrogen-bond acceptors (Lipinski definition) is 15. The van der Waals surface area contributed by atoms with Gasteiger partial charge in [-0.1, -0.05) is 79.6 Å². The van der Waals surface area contributed by atoms with E-state index < -0.39 is 93.0 Å². The minimum Gasteiger partial charge on any atom is -0.671 e. The molecule has 19 nitrogen and oxygen atoms in total. The van der Waals surface area contributed by atoms with Crippen LogP contribution in [0.25, 0.3) is 22.9 Å². The fourth-order valence-electron chi connectivity index (χ4n) is 6.56. The number of aliphatic hydroxyl groups excluding tert-OH is 6. The molecule has 0 spiro atoms. The fraction of sp³-hybridized carbons (Fsp3) is 0.935. The first kappa shape index (κ1) is 166. The van der Waals surface area contributed by atoms with Crippen molar-refractivity contribution >= 4 is 14.6 Å². The Kier molecular flexibility index (Phi) is 177. The third-order valence-electron chi connectivity index (χ3n) is 11.7. The van der Waals surface area contributed by atoms with Crippen LogP contribution < -0.4 is 5.73 Å². The first-order valence-corrected chi connectivity index (χ1v) is 26.4. The molecule has 86 heavy (non-hydrogen) atoms. The van der Waals surface area contributed by atoms with Gasteiger partial charge in [0, 0.05) is 667 Å². The van der Waals surface area contributed by atoms with E-state index in [0.29, 0.717) is 25.7 Å². The molecule has 12 N–H and O–H groups in total. The number of nitrogens with two attached hydrogens (primary N) is 1. The molecule has 3 aliphatic heterocycles. The number of carbonyl (C=O) groups excluding carboxylic acids is 1. The minimum absolute atomic E-state index is 0. The predicted octanol–water partition coefficient (Wildman–Crippen LogP) is 6.34. The molecule has 0 unspecified atom stereocenters. The average Bonchev–Trinajstić information content (AvgIpc) is 3.90. The van der Waals surface area contributed by atoms with Gasteiger partial charge < -0.3 is 96.9 Å². The number of hydrogen-bond donors (Lipinski definition) is 7. The Balaban J connectivity index is -0.0000000287. The second-order valence-electron chi connectivity index (χ2n) is 19.8. The molecular weight excluding hydrogens is 2650 g/mol. The second kappa shape index (κ2) is 91.5. The van der Waals surface area contributed by atoms with Crippen molar-refractivity contribution in [3.8, 4) is 0 Å². The monoisotopic (exact) mass is 2750 g/mol. The summed E-state index contributed by atoms with van der Waals surface area (Å²) >= 11 is 0. The number of aliphatic hydroxyl groups is 6. The van der Waals surface area contributed by atoms with Gasteiger partial charge in [-0.05, 0) is 91.8 Å². The molecule has 3 aliphatic rings. The van der Waals surface area contributed by atoms with Crippen molar-refractivity contribution in [3.63, 3.8) is 0 Å². The van der Waals surface area contributed by atoms with E-state index >= 15 is 0 Å². The van der Waals surface area contributed by atoms with Gasteiger partial charge >= 0.3 is 0 Å². The van der Waals surface area contributed by atoms with Crippen LogP contribution in [-0.4, -0.2) is 174 Å². The van der Waals surface area contributed by atoms with E-state index in [1.165, 1.54) is 0 Å². The Labute approximate surface area is 1030 Å². The van der Waals surface area contributed by atoms with Crippen LogP contribution in [0.1, 0.15) is 129 Å². The Morgan fingerprint density at radius 1 is 0.523 bits per heavy atom. The summed E-state index contributed by atoms with van der Waals surface area (Å²) in [6.45, 7) is 35.1. The molecule has 3 fully saturated rings.